The van der Waals surface area contributed by atoms with Gasteiger partial charge >= 0.3 is 12.1 Å². The van der Waals surface area contributed by atoms with E-state index in [1.54, 1.807) is 0 Å². The van der Waals surface area contributed by atoms with Crippen molar-refractivity contribution in [3.63, 3.8) is 0 Å². The molecule has 2 unspecified atom stereocenters. The molecule has 1 fully saturated rings. The van der Waals surface area contributed by atoms with Gasteiger partial charge in [0.2, 0.25) is 0 Å². The number of benzene rings is 2. The van der Waals surface area contributed by atoms with E-state index in [2.05, 4.69) is 24.3 Å². The Hall–Kier alpha value is -2.86. The van der Waals surface area contributed by atoms with Gasteiger partial charge in [0.05, 0.1) is 13.2 Å². The maximum Gasteiger partial charge on any atom is 0.410 e. The van der Waals surface area contributed by atoms with Gasteiger partial charge in [-0.2, -0.15) is 0 Å². The van der Waals surface area contributed by atoms with Crippen molar-refractivity contribution < 1.29 is 24.2 Å². The van der Waals surface area contributed by atoms with E-state index in [0.29, 0.717) is 19.4 Å². The molecule has 0 aromatic heterocycles. The van der Waals surface area contributed by atoms with E-state index in [1.165, 1.54) is 12.0 Å². The fourth-order valence-electron chi connectivity index (χ4n) is 4.26. The molecule has 146 valence electrons. The molecule has 1 aliphatic heterocycles. The summed E-state index contributed by atoms with van der Waals surface area (Å²) in [5.74, 6) is -0.677. The zero-order chi connectivity index (χ0) is 19.7. The molecule has 0 bridgehead atoms. The summed E-state index contributed by atoms with van der Waals surface area (Å²) in [6, 6.07) is 15.2. The lowest BCUT2D eigenvalue weighted by molar-refractivity contribution is -0.152. The zero-order valence-electron chi connectivity index (χ0n) is 15.7. The lowest BCUT2D eigenvalue weighted by Crippen LogP contribution is -2.55. The molecular weight excluding hydrogens is 358 g/mol. The molecule has 4 rings (SSSR count). The summed E-state index contributed by atoms with van der Waals surface area (Å²) in [6.45, 7) is 0.529. The van der Waals surface area contributed by atoms with Crippen molar-refractivity contribution in [2.75, 3.05) is 20.3 Å². The maximum atomic E-state index is 12.7. The first-order valence-corrected chi connectivity index (χ1v) is 9.49. The maximum absolute atomic E-state index is 12.7. The van der Waals surface area contributed by atoms with E-state index < -0.39 is 24.2 Å². The van der Waals surface area contributed by atoms with Crippen molar-refractivity contribution >= 4 is 12.1 Å². The highest BCUT2D eigenvalue weighted by Crippen LogP contribution is 2.44. The first-order chi connectivity index (χ1) is 13.6. The third-order valence-corrected chi connectivity index (χ3v) is 5.61. The molecule has 1 saturated heterocycles. The second-order valence-electron chi connectivity index (χ2n) is 7.17. The SMILES string of the molecule is COC(=O)C1C(O)CCCN1C(=O)OCC1c2ccccc2-c2ccccc21. The number of esters is 1. The fourth-order valence-corrected chi connectivity index (χ4v) is 4.26. The van der Waals surface area contributed by atoms with E-state index in [9.17, 15) is 14.7 Å². The van der Waals surface area contributed by atoms with Crippen LogP contribution < -0.4 is 0 Å². The van der Waals surface area contributed by atoms with Crippen molar-refractivity contribution in [2.45, 2.75) is 30.9 Å². The normalized spacial score (nSPS) is 21.0. The van der Waals surface area contributed by atoms with Crippen molar-refractivity contribution in [2.24, 2.45) is 0 Å². The number of fused-ring (bicyclic) bond motifs is 3. The van der Waals surface area contributed by atoms with Crippen LogP contribution in [0.1, 0.15) is 29.9 Å². The Morgan fingerprint density at radius 2 is 1.68 bits per heavy atom. The molecule has 1 aliphatic carbocycles. The lowest BCUT2D eigenvalue weighted by Gasteiger charge is -2.36. The molecule has 0 saturated carbocycles. The molecule has 0 spiro atoms. The number of ether oxygens (including phenoxy) is 2. The van der Waals surface area contributed by atoms with E-state index in [-0.39, 0.29) is 12.5 Å². The number of carbonyl (C=O) groups is 2. The summed E-state index contributed by atoms with van der Waals surface area (Å²) < 4.78 is 10.4. The summed E-state index contributed by atoms with van der Waals surface area (Å²) in [5, 5.41) is 10.2. The topological polar surface area (TPSA) is 76.1 Å². The van der Waals surface area contributed by atoms with Crippen LogP contribution in [0, 0.1) is 0 Å². The summed E-state index contributed by atoms with van der Waals surface area (Å²) >= 11 is 0. The number of piperidine rings is 1. The summed E-state index contributed by atoms with van der Waals surface area (Å²) in [4.78, 5) is 26.1. The van der Waals surface area contributed by atoms with Crippen molar-refractivity contribution in [1.82, 2.24) is 4.90 Å². The highest BCUT2D eigenvalue weighted by molar-refractivity contribution is 5.83. The van der Waals surface area contributed by atoms with E-state index in [1.807, 2.05) is 24.3 Å². The van der Waals surface area contributed by atoms with E-state index >= 15 is 0 Å². The van der Waals surface area contributed by atoms with Gasteiger partial charge in [-0.1, -0.05) is 48.5 Å². The van der Waals surface area contributed by atoms with Crippen LogP contribution in [-0.2, 0) is 14.3 Å². The molecule has 0 radical (unpaired) electrons. The van der Waals surface area contributed by atoms with Crippen LogP contribution in [0.3, 0.4) is 0 Å². The van der Waals surface area contributed by atoms with Crippen molar-refractivity contribution in [1.29, 1.82) is 0 Å². The molecular formula is C22H23NO5. The number of amides is 1. The standard InChI is InChI=1S/C22H23NO5/c1-27-21(25)20-19(24)11-6-12-23(20)22(26)28-13-18-16-9-4-2-7-14(16)15-8-3-5-10-17(15)18/h2-5,7-10,18-20,24H,6,11-13H2,1H3. The average Bonchev–Trinajstić information content (AvgIpc) is 3.05. The Balaban J connectivity index is 1.53. The minimum atomic E-state index is -1.02. The van der Waals surface area contributed by atoms with Gasteiger partial charge in [0, 0.05) is 12.5 Å². The summed E-state index contributed by atoms with van der Waals surface area (Å²) in [5.41, 5.74) is 4.55. The second kappa shape index (κ2) is 7.64. The van der Waals surface area contributed by atoms with Gasteiger partial charge in [-0.25, -0.2) is 9.59 Å². The Bertz CT molecular complexity index is 851. The highest BCUT2D eigenvalue weighted by Gasteiger charge is 2.40. The minimum Gasteiger partial charge on any atom is -0.467 e. The summed E-state index contributed by atoms with van der Waals surface area (Å²) in [7, 11) is 1.25. The number of likely N-dealkylation sites (tertiary alicyclic amines) is 1. The van der Waals surface area contributed by atoms with E-state index in [0.717, 1.165) is 22.3 Å². The Labute approximate surface area is 163 Å². The molecule has 1 heterocycles. The van der Waals surface area contributed by atoms with Gasteiger partial charge < -0.3 is 14.6 Å². The quantitative estimate of drug-likeness (QED) is 0.828. The highest BCUT2D eigenvalue weighted by atomic mass is 16.6. The largest absolute Gasteiger partial charge is 0.467 e. The third-order valence-electron chi connectivity index (χ3n) is 5.61. The minimum absolute atomic E-state index is 0.0531. The van der Waals surface area contributed by atoms with Gasteiger partial charge in [0.25, 0.3) is 0 Å². The van der Waals surface area contributed by atoms with Gasteiger partial charge in [-0.3, -0.25) is 4.90 Å². The lowest BCUT2D eigenvalue weighted by atomic mass is 9.98. The van der Waals surface area contributed by atoms with Crippen LogP contribution in [0.5, 0.6) is 0 Å². The molecule has 6 heteroatoms. The third kappa shape index (κ3) is 3.14. The molecule has 1 amide bonds. The number of hydrogen-bond donors (Lipinski definition) is 1. The number of methoxy groups -OCH3 is 1. The van der Waals surface area contributed by atoms with Crippen LogP contribution in [0.15, 0.2) is 48.5 Å². The fraction of sp³-hybridized carbons (Fsp3) is 0.364. The smallest absolute Gasteiger partial charge is 0.410 e. The molecule has 1 N–H and O–H groups in total. The molecule has 6 nitrogen and oxygen atoms in total. The predicted octanol–water partition coefficient (Wildman–Crippen LogP) is 2.93. The van der Waals surface area contributed by atoms with Gasteiger partial charge in [-0.05, 0) is 35.1 Å². The first-order valence-electron chi connectivity index (χ1n) is 9.49. The number of carbonyl (C=O) groups excluding carboxylic acids is 2. The number of hydrogen-bond acceptors (Lipinski definition) is 5. The first kappa shape index (κ1) is 18.5. The molecule has 2 aliphatic rings. The number of nitrogens with zero attached hydrogens (tertiary/aromatic N) is 1. The number of rotatable bonds is 3. The van der Waals surface area contributed by atoms with Crippen molar-refractivity contribution in [3.8, 4) is 11.1 Å². The van der Waals surface area contributed by atoms with Gasteiger partial charge in [0.15, 0.2) is 6.04 Å². The van der Waals surface area contributed by atoms with Gasteiger partial charge in [-0.15, -0.1) is 0 Å². The number of aliphatic hydroxyl groups excluding tert-OH is 1. The van der Waals surface area contributed by atoms with Crippen LogP contribution >= 0.6 is 0 Å². The van der Waals surface area contributed by atoms with Crippen LogP contribution in [0.2, 0.25) is 0 Å². The van der Waals surface area contributed by atoms with Gasteiger partial charge in [0.1, 0.15) is 6.61 Å². The predicted molar refractivity (Wildman–Crippen MR) is 103 cm³/mol. The molecule has 2 aromatic carbocycles. The zero-order valence-corrected chi connectivity index (χ0v) is 15.7. The van der Waals surface area contributed by atoms with Crippen LogP contribution in [-0.4, -0.2) is 54.5 Å². The second-order valence-corrected chi connectivity index (χ2v) is 7.17. The van der Waals surface area contributed by atoms with Crippen LogP contribution in [0.4, 0.5) is 4.79 Å². The van der Waals surface area contributed by atoms with Crippen molar-refractivity contribution in [3.05, 3.63) is 59.7 Å². The molecule has 2 atom stereocenters. The van der Waals surface area contributed by atoms with E-state index in [4.69, 9.17) is 9.47 Å². The Kier molecular flexibility index (Phi) is 5.05. The monoisotopic (exact) mass is 381 g/mol. The van der Waals surface area contributed by atoms with Crippen LogP contribution in [0.25, 0.3) is 11.1 Å². The Morgan fingerprint density at radius 3 is 2.29 bits per heavy atom. The molecule has 28 heavy (non-hydrogen) atoms. The summed E-state index contributed by atoms with van der Waals surface area (Å²) in [6.07, 6.45) is -0.483. The molecule has 2 aromatic rings. The average molecular weight is 381 g/mol. The number of aliphatic hydroxyl groups is 1. The Morgan fingerprint density at radius 1 is 1.07 bits per heavy atom.